The molecule has 0 aliphatic heterocycles. The van der Waals surface area contributed by atoms with Gasteiger partial charge in [-0.1, -0.05) is 11.6 Å². The van der Waals surface area contributed by atoms with Crippen LogP contribution >= 0.6 is 11.6 Å². The summed E-state index contributed by atoms with van der Waals surface area (Å²) in [5.74, 6) is 0.0972. The summed E-state index contributed by atoms with van der Waals surface area (Å²) >= 11 is 5.44. The Labute approximate surface area is 57.1 Å². The zero-order valence-corrected chi connectivity index (χ0v) is 5.31. The van der Waals surface area contributed by atoms with Crippen molar-refractivity contribution in [3.63, 3.8) is 0 Å². The third kappa shape index (κ3) is 1.47. The van der Waals surface area contributed by atoms with E-state index in [1.165, 1.54) is 12.1 Å². The van der Waals surface area contributed by atoms with Gasteiger partial charge in [-0.05, 0) is 6.07 Å². The molecule has 1 aromatic heterocycles. The lowest BCUT2D eigenvalue weighted by molar-refractivity contribution is 0.454. The second-order valence-electron chi connectivity index (χ2n) is 1.61. The molecule has 9 heavy (non-hydrogen) atoms. The molecule has 1 aromatic rings. The molecule has 0 aromatic carbocycles. The van der Waals surface area contributed by atoms with Crippen molar-refractivity contribution in [3.05, 3.63) is 17.3 Å². The van der Waals surface area contributed by atoms with Crippen molar-refractivity contribution in [1.82, 2.24) is 4.98 Å². The van der Waals surface area contributed by atoms with Crippen LogP contribution in [0.3, 0.4) is 0 Å². The van der Waals surface area contributed by atoms with E-state index in [-0.39, 0.29) is 11.0 Å². The van der Waals surface area contributed by atoms with Crippen LogP contribution in [0.15, 0.2) is 12.1 Å². The molecule has 1 heterocycles. The van der Waals surface area contributed by atoms with Crippen LogP contribution in [0, 0.1) is 0 Å². The third-order valence-electron chi connectivity index (χ3n) is 0.816. The summed E-state index contributed by atoms with van der Waals surface area (Å²) in [6, 6.07) is 2.94. The first-order valence-electron chi connectivity index (χ1n) is 2.33. The third-order valence-corrected chi connectivity index (χ3v) is 1.01. The first-order chi connectivity index (χ1) is 4.18. The van der Waals surface area contributed by atoms with Crippen molar-refractivity contribution in [2.45, 2.75) is 0 Å². The zero-order valence-electron chi connectivity index (χ0n) is 4.56. The van der Waals surface area contributed by atoms with E-state index in [0.717, 1.165) is 0 Å². The number of nitrogens with zero attached hydrogens (tertiary/aromatic N) is 1. The predicted molar refractivity (Wildman–Crippen MR) is 36.7 cm³/mol. The zero-order chi connectivity index (χ0) is 6.85. The van der Waals surface area contributed by atoms with Gasteiger partial charge in [0.1, 0.15) is 5.15 Å². The summed E-state index contributed by atoms with van der Waals surface area (Å²) in [4.78, 5) is 3.59. The normalized spacial score (nSPS) is 9.44. The van der Waals surface area contributed by atoms with Gasteiger partial charge in [-0.3, -0.25) is 0 Å². The highest BCUT2D eigenvalue weighted by Gasteiger charge is 1.97. The van der Waals surface area contributed by atoms with Crippen molar-refractivity contribution in [2.75, 3.05) is 5.73 Å². The fourth-order valence-electron chi connectivity index (χ4n) is 0.517. The van der Waals surface area contributed by atoms with E-state index in [0.29, 0.717) is 5.69 Å². The van der Waals surface area contributed by atoms with Crippen LogP contribution in [-0.4, -0.2) is 10.1 Å². The summed E-state index contributed by atoms with van der Waals surface area (Å²) in [5, 5.41) is 7.26. The van der Waals surface area contributed by atoms with Gasteiger partial charge in [0, 0.05) is 5.69 Å². The van der Waals surface area contributed by atoms with Crippen LogP contribution in [0.5, 0.6) is 5.88 Å². The SMILES string of the molecule is Nc1cc([OH2+])nc(Cl)c1. The summed E-state index contributed by atoms with van der Waals surface area (Å²) in [6.07, 6.45) is 0. The molecule has 0 bridgehead atoms. The number of hydrogen-bond acceptors (Lipinski definition) is 2. The number of nitrogens with two attached hydrogens (primary N) is 1. The van der Waals surface area contributed by atoms with Crippen LogP contribution in [0.25, 0.3) is 0 Å². The van der Waals surface area contributed by atoms with Crippen molar-refractivity contribution in [2.24, 2.45) is 0 Å². The lowest BCUT2D eigenvalue weighted by atomic mass is 10.4. The molecule has 0 amide bonds. The average Bonchev–Trinajstić information content (AvgIpc) is 1.59. The van der Waals surface area contributed by atoms with Crippen molar-refractivity contribution in [3.8, 4) is 5.88 Å². The Morgan fingerprint density at radius 2 is 2.22 bits per heavy atom. The molecule has 0 aliphatic rings. The maximum Gasteiger partial charge on any atom is 0.360 e. The van der Waals surface area contributed by atoms with Gasteiger partial charge >= 0.3 is 5.88 Å². The molecule has 0 atom stereocenters. The lowest BCUT2D eigenvalue weighted by Gasteiger charge is -1.90. The molecule has 48 valence electrons. The van der Waals surface area contributed by atoms with E-state index < -0.39 is 0 Å². The summed E-state index contributed by atoms with van der Waals surface area (Å²) in [6.45, 7) is 0. The molecule has 1 rings (SSSR count). The topological polar surface area (TPSA) is 61.8 Å². The summed E-state index contributed by atoms with van der Waals surface area (Å²) in [5.41, 5.74) is 5.79. The van der Waals surface area contributed by atoms with E-state index in [1.54, 1.807) is 0 Å². The fraction of sp³-hybridized carbons (Fsp3) is 0. The molecule has 3 nitrogen and oxygen atoms in total. The van der Waals surface area contributed by atoms with Crippen molar-refractivity contribution in [1.29, 1.82) is 0 Å². The average molecular weight is 146 g/mol. The molecule has 0 fully saturated rings. The van der Waals surface area contributed by atoms with E-state index in [1.807, 2.05) is 0 Å². The molecular formula is C5H6ClN2O+. The number of rotatable bonds is 0. The Kier molecular flexibility index (Phi) is 1.44. The monoisotopic (exact) mass is 145 g/mol. The number of pyridine rings is 1. The van der Waals surface area contributed by atoms with E-state index in [2.05, 4.69) is 4.98 Å². The number of aromatic nitrogens is 1. The fourth-order valence-corrected chi connectivity index (χ4v) is 0.734. The van der Waals surface area contributed by atoms with Crippen LogP contribution in [0.4, 0.5) is 5.69 Å². The van der Waals surface area contributed by atoms with Crippen molar-refractivity contribution < 1.29 is 5.11 Å². The minimum Gasteiger partial charge on any atom is -0.579 e. The largest absolute Gasteiger partial charge is 0.579 e. The second kappa shape index (κ2) is 2.11. The molecule has 4 heteroatoms. The number of nitrogen functional groups attached to an aromatic ring is 1. The molecular weight excluding hydrogens is 140 g/mol. The maximum absolute atomic E-state index is 7.00. The van der Waals surface area contributed by atoms with Crippen LogP contribution < -0.4 is 5.73 Å². The molecule has 0 radical (unpaired) electrons. The Bertz CT molecular complexity index is 176. The quantitative estimate of drug-likeness (QED) is 0.433. The summed E-state index contributed by atoms with van der Waals surface area (Å²) < 4.78 is 0. The molecule has 0 spiro atoms. The number of anilines is 1. The van der Waals surface area contributed by atoms with Gasteiger partial charge in [-0.2, -0.15) is 4.98 Å². The van der Waals surface area contributed by atoms with Gasteiger partial charge in [0.2, 0.25) is 0 Å². The minimum absolute atomic E-state index is 0.0972. The highest BCUT2D eigenvalue weighted by atomic mass is 35.5. The molecule has 4 N–H and O–H groups in total. The van der Waals surface area contributed by atoms with E-state index in [4.69, 9.17) is 22.4 Å². The van der Waals surface area contributed by atoms with Crippen LogP contribution in [0.1, 0.15) is 0 Å². The van der Waals surface area contributed by atoms with Crippen molar-refractivity contribution >= 4 is 17.3 Å². The number of halogens is 1. The predicted octanol–water partition coefficient (Wildman–Crippen LogP) is 0.755. The lowest BCUT2D eigenvalue weighted by Crippen LogP contribution is -1.85. The van der Waals surface area contributed by atoms with Gasteiger partial charge in [0.05, 0.1) is 6.07 Å². The highest BCUT2D eigenvalue weighted by Crippen LogP contribution is 2.15. The Balaban J connectivity index is 3.17. The van der Waals surface area contributed by atoms with Gasteiger partial charge in [-0.25, -0.2) is 0 Å². The summed E-state index contributed by atoms with van der Waals surface area (Å²) in [7, 11) is 0. The molecule has 0 saturated carbocycles. The van der Waals surface area contributed by atoms with E-state index in [9.17, 15) is 0 Å². The molecule has 0 aliphatic carbocycles. The standard InChI is InChI=1S/C5H5ClN2O/c6-4-1-3(7)2-5(9)8-4/h1-2H,(H3,7,8,9)/p+1. The second-order valence-corrected chi connectivity index (χ2v) is 2.00. The molecule has 0 unspecified atom stereocenters. The van der Waals surface area contributed by atoms with Crippen LogP contribution in [-0.2, 0) is 0 Å². The van der Waals surface area contributed by atoms with Gasteiger partial charge in [0.15, 0.2) is 0 Å². The number of hydrogen-bond donors (Lipinski definition) is 1. The highest BCUT2D eigenvalue weighted by molar-refractivity contribution is 6.29. The van der Waals surface area contributed by atoms with Crippen LogP contribution in [0.2, 0.25) is 5.15 Å². The first kappa shape index (κ1) is 6.16. The maximum atomic E-state index is 7.00. The smallest absolute Gasteiger partial charge is 0.360 e. The minimum atomic E-state index is 0.0972. The van der Waals surface area contributed by atoms with Gasteiger partial charge in [0.25, 0.3) is 0 Å². The Morgan fingerprint density at radius 1 is 1.56 bits per heavy atom. The van der Waals surface area contributed by atoms with E-state index >= 15 is 0 Å². The molecule has 0 saturated heterocycles. The Morgan fingerprint density at radius 3 is 2.67 bits per heavy atom. The Hall–Kier alpha value is -0.960. The van der Waals surface area contributed by atoms with Gasteiger partial charge in [-0.15, -0.1) is 0 Å². The van der Waals surface area contributed by atoms with Gasteiger partial charge < -0.3 is 10.8 Å². The first-order valence-corrected chi connectivity index (χ1v) is 2.71.